The first-order valence-electron chi connectivity index (χ1n) is 6.78. The Labute approximate surface area is 110 Å². The van der Waals surface area contributed by atoms with Crippen LogP contribution in [0.3, 0.4) is 0 Å². The molecule has 1 aliphatic rings. The van der Waals surface area contributed by atoms with E-state index in [4.69, 9.17) is 0 Å². The Morgan fingerprint density at radius 2 is 2.06 bits per heavy atom. The number of hydrogen-bond acceptors (Lipinski definition) is 5. The van der Waals surface area contributed by atoms with Crippen LogP contribution in [0.4, 0.5) is 0 Å². The van der Waals surface area contributed by atoms with Gasteiger partial charge in [0.1, 0.15) is 0 Å². The maximum absolute atomic E-state index is 11.3. The van der Waals surface area contributed by atoms with Gasteiger partial charge in [-0.2, -0.15) is 0 Å². The van der Waals surface area contributed by atoms with Gasteiger partial charge >= 0.3 is 0 Å². The third kappa shape index (κ3) is 5.65. The molecule has 2 atom stereocenters. The highest BCUT2D eigenvalue weighted by molar-refractivity contribution is 7.91. The van der Waals surface area contributed by atoms with Crippen molar-refractivity contribution in [1.29, 1.82) is 0 Å². The Balaban J connectivity index is 2.14. The van der Waals surface area contributed by atoms with Gasteiger partial charge in [0.2, 0.25) is 0 Å². The molecular weight excluding hydrogens is 252 g/mol. The molecule has 0 amide bonds. The van der Waals surface area contributed by atoms with E-state index in [0.717, 1.165) is 19.5 Å². The lowest BCUT2D eigenvalue weighted by Crippen LogP contribution is -2.39. The minimum atomic E-state index is -2.78. The van der Waals surface area contributed by atoms with Crippen LogP contribution in [0, 0.1) is 5.92 Å². The zero-order chi connectivity index (χ0) is 13.6. The first-order valence-corrected chi connectivity index (χ1v) is 8.60. The fraction of sp³-hybridized carbons (Fsp3) is 1.00. The summed E-state index contributed by atoms with van der Waals surface area (Å²) in [6.07, 6.45) is 0.365. The van der Waals surface area contributed by atoms with E-state index in [1.807, 2.05) is 0 Å². The zero-order valence-electron chi connectivity index (χ0n) is 11.4. The van der Waals surface area contributed by atoms with Gasteiger partial charge in [-0.15, -0.1) is 0 Å². The SMILES string of the molecule is CCN(CC)CC(O)CNCC1CCS(=O)(=O)C1. The summed E-state index contributed by atoms with van der Waals surface area (Å²) < 4.78 is 22.6. The average molecular weight is 278 g/mol. The van der Waals surface area contributed by atoms with E-state index >= 15 is 0 Å². The first kappa shape index (κ1) is 15.9. The van der Waals surface area contributed by atoms with Gasteiger partial charge in [-0.25, -0.2) is 8.42 Å². The van der Waals surface area contributed by atoms with E-state index in [2.05, 4.69) is 24.1 Å². The van der Waals surface area contributed by atoms with Crippen LogP contribution in [0.1, 0.15) is 20.3 Å². The maximum atomic E-state index is 11.3. The molecule has 1 aliphatic heterocycles. The van der Waals surface area contributed by atoms with Crippen LogP contribution >= 0.6 is 0 Å². The van der Waals surface area contributed by atoms with Crippen molar-refractivity contribution in [1.82, 2.24) is 10.2 Å². The molecule has 0 aromatic carbocycles. The quantitative estimate of drug-likeness (QED) is 0.639. The van der Waals surface area contributed by atoms with Crippen molar-refractivity contribution in [2.45, 2.75) is 26.4 Å². The summed E-state index contributed by atoms with van der Waals surface area (Å²) in [5, 5.41) is 13.0. The summed E-state index contributed by atoms with van der Waals surface area (Å²) in [5.74, 6) is 0.837. The summed E-state index contributed by atoms with van der Waals surface area (Å²) in [6.45, 7) is 7.92. The standard InChI is InChI=1S/C12H26N2O3S/c1-3-14(4-2)9-12(15)8-13-7-11-5-6-18(16,17)10-11/h11-13,15H,3-10H2,1-2H3. The lowest BCUT2D eigenvalue weighted by Gasteiger charge is -2.22. The molecule has 0 aromatic rings. The molecule has 108 valence electrons. The van der Waals surface area contributed by atoms with Crippen LogP contribution in [-0.2, 0) is 9.84 Å². The third-order valence-electron chi connectivity index (χ3n) is 3.50. The van der Waals surface area contributed by atoms with Crippen LogP contribution in [0.25, 0.3) is 0 Å². The lowest BCUT2D eigenvalue weighted by molar-refractivity contribution is 0.116. The Morgan fingerprint density at radius 1 is 1.39 bits per heavy atom. The molecule has 0 radical (unpaired) electrons. The number of aliphatic hydroxyl groups excluding tert-OH is 1. The highest BCUT2D eigenvalue weighted by Gasteiger charge is 2.27. The van der Waals surface area contributed by atoms with E-state index in [1.165, 1.54) is 0 Å². The van der Waals surface area contributed by atoms with E-state index in [9.17, 15) is 13.5 Å². The lowest BCUT2D eigenvalue weighted by atomic mass is 10.1. The van der Waals surface area contributed by atoms with Crippen LogP contribution in [0.5, 0.6) is 0 Å². The van der Waals surface area contributed by atoms with Crippen molar-refractivity contribution in [3.05, 3.63) is 0 Å². The summed E-state index contributed by atoms with van der Waals surface area (Å²) in [7, 11) is -2.78. The number of likely N-dealkylation sites (N-methyl/N-ethyl adjacent to an activating group) is 1. The number of rotatable bonds is 8. The molecule has 18 heavy (non-hydrogen) atoms. The number of sulfone groups is 1. The normalized spacial score (nSPS) is 24.6. The van der Waals surface area contributed by atoms with Crippen molar-refractivity contribution < 1.29 is 13.5 Å². The molecule has 1 heterocycles. The van der Waals surface area contributed by atoms with Crippen molar-refractivity contribution in [2.24, 2.45) is 5.92 Å². The molecule has 0 aromatic heterocycles. The molecule has 0 saturated carbocycles. The second-order valence-corrected chi connectivity index (χ2v) is 7.30. The number of nitrogens with one attached hydrogen (secondary N) is 1. The van der Waals surface area contributed by atoms with Gasteiger partial charge in [0, 0.05) is 13.1 Å². The molecule has 0 spiro atoms. The molecule has 1 saturated heterocycles. The predicted molar refractivity (Wildman–Crippen MR) is 73.4 cm³/mol. The third-order valence-corrected chi connectivity index (χ3v) is 5.34. The Morgan fingerprint density at radius 3 is 2.56 bits per heavy atom. The van der Waals surface area contributed by atoms with Crippen molar-refractivity contribution in [3.8, 4) is 0 Å². The minimum absolute atomic E-state index is 0.218. The summed E-state index contributed by atoms with van der Waals surface area (Å²) in [5.41, 5.74) is 0. The van der Waals surface area contributed by atoms with E-state index < -0.39 is 9.84 Å². The Kier molecular flexibility index (Phi) is 6.55. The van der Waals surface area contributed by atoms with Gasteiger partial charge < -0.3 is 15.3 Å². The number of aliphatic hydroxyl groups is 1. The fourth-order valence-corrected chi connectivity index (χ4v) is 4.19. The molecule has 2 unspecified atom stereocenters. The molecule has 5 nitrogen and oxygen atoms in total. The van der Waals surface area contributed by atoms with Gasteiger partial charge in [-0.3, -0.25) is 0 Å². The zero-order valence-corrected chi connectivity index (χ0v) is 12.2. The van der Waals surface area contributed by atoms with Gasteiger partial charge in [0.25, 0.3) is 0 Å². The van der Waals surface area contributed by atoms with Gasteiger partial charge in [0.15, 0.2) is 9.84 Å². The second-order valence-electron chi connectivity index (χ2n) is 5.07. The van der Waals surface area contributed by atoms with Gasteiger partial charge in [0.05, 0.1) is 17.6 Å². The molecule has 6 heteroatoms. The fourth-order valence-electron chi connectivity index (χ4n) is 2.33. The van der Waals surface area contributed by atoms with Crippen LogP contribution < -0.4 is 5.32 Å². The largest absolute Gasteiger partial charge is 0.390 e. The maximum Gasteiger partial charge on any atom is 0.150 e. The van der Waals surface area contributed by atoms with Crippen molar-refractivity contribution >= 4 is 9.84 Å². The van der Waals surface area contributed by atoms with Crippen LogP contribution in [0.2, 0.25) is 0 Å². The first-order chi connectivity index (χ1) is 8.46. The second kappa shape index (κ2) is 7.43. The molecule has 1 rings (SSSR count). The summed E-state index contributed by atoms with van der Waals surface area (Å²) in [6, 6.07) is 0. The molecule has 0 bridgehead atoms. The van der Waals surface area contributed by atoms with E-state index in [0.29, 0.717) is 31.1 Å². The van der Waals surface area contributed by atoms with E-state index in [-0.39, 0.29) is 12.0 Å². The Bertz CT molecular complexity index is 328. The minimum Gasteiger partial charge on any atom is -0.390 e. The smallest absolute Gasteiger partial charge is 0.150 e. The highest BCUT2D eigenvalue weighted by Crippen LogP contribution is 2.17. The molecule has 1 fully saturated rings. The molecular formula is C12H26N2O3S. The molecule has 0 aliphatic carbocycles. The Hall–Kier alpha value is -0.170. The number of hydrogen-bond donors (Lipinski definition) is 2. The summed E-state index contributed by atoms with van der Waals surface area (Å²) >= 11 is 0. The monoisotopic (exact) mass is 278 g/mol. The topological polar surface area (TPSA) is 69.6 Å². The molecule has 2 N–H and O–H groups in total. The predicted octanol–water partition coefficient (Wildman–Crippen LogP) is -0.287. The van der Waals surface area contributed by atoms with Crippen LogP contribution in [0.15, 0.2) is 0 Å². The van der Waals surface area contributed by atoms with E-state index in [1.54, 1.807) is 0 Å². The van der Waals surface area contributed by atoms with Gasteiger partial charge in [-0.05, 0) is 32.0 Å². The summed E-state index contributed by atoms with van der Waals surface area (Å²) in [4.78, 5) is 2.17. The average Bonchev–Trinajstić information content (AvgIpc) is 2.66. The van der Waals surface area contributed by atoms with Crippen LogP contribution in [-0.4, -0.2) is 68.8 Å². The van der Waals surface area contributed by atoms with Gasteiger partial charge in [-0.1, -0.05) is 13.8 Å². The number of nitrogens with zero attached hydrogens (tertiary/aromatic N) is 1. The highest BCUT2D eigenvalue weighted by atomic mass is 32.2. The van der Waals surface area contributed by atoms with Crippen molar-refractivity contribution in [2.75, 3.05) is 44.2 Å². The van der Waals surface area contributed by atoms with Crippen molar-refractivity contribution in [3.63, 3.8) is 0 Å².